The first-order valence-corrected chi connectivity index (χ1v) is 7.58. The van der Waals surface area contributed by atoms with Crippen molar-refractivity contribution < 1.29 is 4.74 Å². The molecule has 0 aliphatic heterocycles. The molecule has 0 heterocycles. The lowest BCUT2D eigenvalue weighted by molar-refractivity contribution is 0.408. The van der Waals surface area contributed by atoms with Crippen LogP contribution in [-0.2, 0) is 6.42 Å². The van der Waals surface area contributed by atoms with Gasteiger partial charge >= 0.3 is 0 Å². The molecule has 106 valence electrons. The van der Waals surface area contributed by atoms with E-state index in [9.17, 15) is 0 Å². The van der Waals surface area contributed by atoms with E-state index < -0.39 is 0 Å². The zero-order valence-corrected chi connectivity index (χ0v) is 14.0. The molecule has 2 aromatic rings. The van der Waals surface area contributed by atoms with E-state index in [1.807, 2.05) is 30.3 Å². The van der Waals surface area contributed by atoms with Crippen LogP contribution in [0, 0.1) is 0 Å². The van der Waals surface area contributed by atoms with Gasteiger partial charge in [0, 0.05) is 20.6 Å². The van der Waals surface area contributed by atoms with Gasteiger partial charge in [0.2, 0.25) is 0 Å². The van der Waals surface area contributed by atoms with E-state index in [0.29, 0.717) is 16.5 Å². The Bertz CT molecular complexity index is 599. The Hall–Kier alpha value is -0.740. The molecule has 0 saturated carbocycles. The quantitative estimate of drug-likeness (QED) is 0.816. The monoisotopic (exact) mass is 373 g/mol. The fraction of sp³-hybridized carbons (Fsp3) is 0.200. The van der Waals surface area contributed by atoms with Crippen LogP contribution in [0.4, 0.5) is 0 Å². The average Bonchev–Trinajstić information content (AvgIpc) is 2.37. The molecule has 1 unspecified atom stereocenters. The van der Waals surface area contributed by atoms with Crippen molar-refractivity contribution in [3.8, 4) is 5.75 Å². The van der Waals surface area contributed by atoms with Gasteiger partial charge in [-0.2, -0.15) is 0 Å². The molecule has 0 amide bonds. The highest BCUT2D eigenvalue weighted by Crippen LogP contribution is 2.29. The van der Waals surface area contributed by atoms with E-state index >= 15 is 0 Å². The molecule has 20 heavy (non-hydrogen) atoms. The van der Waals surface area contributed by atoms with Gasteiger partial charge in [-0.3, -0.25) is 0 Å². The highest BCUT2D eigenvalue weighted by molar-refractivity contribution is 9.10. The number of hydrogen-bond donors (Lipinski definition) is 1. The highest BCUT2D eigenvalue weighted by atomic mass is 79.9. The number of benzene rings is 2. The zero-order chi connectivity index (χ0) is 14.7. The number of rotatable bonds is 4. The van der Waals surface area contributed by atoms with E-state index in [1.54, 1.807) is 13.2 Å². The molecule has 1 atom stereocenters. The van der Waals surface area contributed by atoms with Gasteiger partial charge in [-0.25, -0.2) is 0 Å². The van der Waals surface area contributed by atoms with Crippen molar-refractivity contribution in [1.29, 1.82) is 0 Å². The molecule has 0 aliphatic carbocycles. The first-order valence-electron chi connectivity index (χ1n) is 6.03. The second kappa shape index (κ2) is 6.81. The van der Waals surface area contributed by atoms with E-state index in [-0.39, 0.29) is 6.04 Å². The van der Waals surface area contributed by atoms with Crippen LogP contribution in [0.3, 0.4) is 0 Å². The summed E-state index contributed by atoms with van der Waals surface area (Å²) in [6.45, 7) is 0. The third-order valence-corrected chi connectivity index (χ3v) is 3.91. The van der Waals surface area contributed by atoms with Gasteiger partial charge in [0.25, 0.3) is 0 Å². The first-order chi connectivity index (χ1) is 9.49. The van der Waals surface area contributed by atoms with Crippen LogP contribution < -0.4 is 10.5 Å². The number of ether oxygens (including phenoxy) is 1. The largest absolute Gasteiger partial charge is 0.496 e. The van der Waals surface area contributed by atoms with Crippen molar-refractivity contribution in [3.63, 3.8) is 0 Å². The van der Waals surface area contributed by atoms with Gasteiger partial charge in [0.1, 0.15) is 5.75 Å². The van der Waals surface area contributed by atoms with Gasteiger partial charge in [-0.05, 0) is 53.9 Å². The van der Waals surface area contributed by atoms with Gasteiger partial charge in [0.05, 0.1) is 7.11 Å². The number of hydrogen-bond acceptors (Lipinski definition) is 2. The molecule has 5 heteroatoms. The summed E-state index contributed by atoms with van der Waals surface area (Å²) < 4.78 is 6.25. The molecule has 2 N–H and O–H groups in total. The third-order valence-electron chi connectivity index (χ3n) is 3.00. The molecule has 2 aromatic carbocycles. The Morgan fingerprint density at radius 3 is 2.55 bits per heavy atom. The van der Waals surface area contributed by atoms with Crippen LogP contribution in [0.25, 0.3) is 0 Å². The molecule has 0 bridgehead atoms. The lowest BCUT2D eigenvalue weighted by atomic mass is 9.99. The molecule has 0 radical (unpaired) electrons. The number of halogens is 3. The van der Waals surface area contributed by atoms with Crippen LogP contribution in [0.5, 0.6) is 5.75 Å². The topological polar surface area (TPSA) is 35.2 Å². The standard InChI is InChI=1S/C15H14BrCl2NO/c1-20-15-3-2-12(17)6-10(15)7-14(19)9-4-11(16)8-13(18)5-9/h2-6,8,14H,7,19H2,1H3. The summed E-state index contributed by atoms with van der Waals surface area (Å²) in [5.41, 5.74) is 8.20. The summed E-state index contributed by atoms with van der Waals surface area (Å²) in [7, 11) is 1.63. The Morgan fingerprint density at radius 1 is 1.15 bits per heavy atom. The molecule has 0 saturated heterocycles. The predicted molar refractivity (Wildman–Crippen MR) is 87.8 cm³/mol. The third kappa shape index (κ3) is 3.89. The van der Waals surface area contributed by atoms with E-state index in [2.05, 4.69) is 15.9 Å². The van der Waals surface area contributed by atoms with E-state index in [0.717, 1.165) is 21.3 Å². The lowest BCUT2D eigenvalue weighted by Crippen LogP contribution is -2.14. The Kier molecular flexibility index (Phi) is 5.33. The summed E-state index contributed by atoms with van der Waals surface area (Å²) in [4.78, 5) is 0. The Morgan fingerprint density at radius 2 is 1.90 bits per heavy atom. The Balaban J connectivity index is 2.27. The number of nitrogens with two attached hydrogens (primary N) is 1. The predicted octanol–water partition coefficient (Wildman–Crippen LogP) is 5.01. The maximum Gasteiger partial charge on any atom is 0.122 e. The van der Waals surface area contributed by atoms with Crippen LogP contribution in [-0.4, -0.2) is 7.11 Å². The average molecular weight is 375 g/mol. The van der Waals surface area contributed by atoms with Crippen LogP contribution in [0.15, 0.2) is 40.9 Å². The van der Waals surface area contributed by atoms with Crippen molar-refractivity contribution in [3.05, 3.63) is 62.0 Å². The second-order valence-corrected chi connectivity index (χ2v) is 6.26. The summed E-state index contributed by atoms with van der Waals surface area (Å²) >= 11 is 15.5. The van der Waals surface area contributed by atoms with Gasteiger partial charge in [-0.1, -0.05) is 39.1 Å². The first kappa shape index (κ1) is 15.6. The van der Waals surface area contributed by atoms with Crippen LogP contribution in [0.1, 0.15) is 17.2 Å². The molecule has 0 aliphatic rings. The molecule has 0 fully saturated rings. The highest BCUT2D eigenvalue weighted by Gasteiger charge is 2.12. The molecule has 0 aromatic heterocycles. The SMILES string of the molecule is COc1ccc(Cl)cc1CC(N)c1cc(Cl)cc(Br)c1. The summed E-state index contributed by atoms with van der Waals surface area (Å²) in [6.07, 6.45) is 0.622. The second-order valence-electron chi connectivity index (χ2n) is 4.47. The van der Waals surface area contributed by atoms with Gasteiger partial charge < -0.3 is 10.5 Å². The maximum atomic E-state index is 6.26. The molecule has 0 spiro atoms. The maximum absolute atomic E-state index is 6.26. The number of methoxy groups -OCH3 is 1. The zero-order valence-electron chi connectivity index (χ0n) is 10.9. The summed E-state index contributed by atoms with van der Waals surface area (Å²) in [5.74, 6) is 0.783. The fourth-order valence-corrected chi connectivity index (χ4v) is 3.13. The van der Waals surface area contributed by atoms with Crippen molar-refractivity contribution in [2.24, 2.45) is 5.73 Å². The van der Waals surface area contributed by atoms with Crippen molar-refractivity contribution in [2.45, 2.75) is 12.5 Å². The van der Waals surface area contributed by atoms with Gasteiger partial charge in [0.15, 0.2) is 0 Å². The smallest absolute Gasteiger partial charge is 0.122 e. The normalized spacial score (nSPS) is 12.2. The van der Waals surface area contributed by atoms with Crippen LogP contribution >= 0.6 is 39.1 Å². The summed E-state index contributed by atoms with van der Waals surface area (Å²) in [6, 6.07) is 11.0. The van der Waals surface area contributed by atoms with Crippen molar-refractivity contribution in [1.82, 2.24) is 0 Å². The minimum Gasteiger partial charge on any atom is -0.496 e. The molecular weight excluding hydrogens is 361 g/mol. The van der Waals surface area contributed by atoms with Gasteiger partial charge in [-0.15, -0.1) is 0 Å². The van der Waals surface area contributed by atoms with Crippen LogP contribution in [0.2, 0.25) is 10.0 Å². The minimum atomic E-state index is -0.183. The fourth-order valence-electron chi connectivity index (χ4n) is 2.05. The lowest BCUT2D eigenvalue weighted by Gasteiger charge is -2.15. The minimum absolute atomic E-state index is 0.183. The Labute approximate surface area is 137 Å². The van der Waals surface area contributed by atoms with Crippen molar-refractivity contribution >= 4 is 39.1 Å². The molecule has 2 nitrogen and oxygen atoms in total. The van der Waals surface area contributed by atoms with E-state index in [4.69, 9.17) is 33.7 Å². The molecular formula is C15H14BrCl2NO. The van der Waals surface area contributed by atoms with E-state index in [1.165, 1.54) is 0 Å². The summed E-state index contributed by atoms with van der Waals surface area (Å²) in [5, 5.41) is 1.32. The molecule has 2 rings (SSSR count). The van der Waals surface area contributed by atoms with Crippen molar-refractivity contribution in [2.75, 3.05) is 7.11 Å².